The lowest BCUT2D eigenvalue weighted by Gasteiger charge is -2.17. The number of aromatic nitrogens is 2. The molecule has 1 aliphatic heterocycles. The van der Waals surface area contributed by atoms with Gasteiger partial charge in [-0.1, -0.05) is 25.5 Å². The zero-order valence-electron chi connectivity index (χ0n) is 17.0. The molecule has 1 fully saturated rings. The predicted octanol–water partition coefficient (Wildman–Crippen LogP) is 3.72. The van der Waals surface area contributed by atoms with Gasteiger partial charge in [0.2, 0.25) is 0 Å². The fourth-order valence-electron chi connectivity index (χ4n) is 4.40. The van der Waals surface area contributed by atoms with E-state index in [0.717, 1.165) is 61.9 Å². The summed E-state index contributed by atoms with van der Waals surface area (Å²) in [5, 5.41) is 7.61. The monoisotopic (exact) mass is 415 g/mol. The number of anilines is 1. The molecule has 29 heavy (non-hydrogen) atoms. The highest BCUT2D eigenvalue weighted by Gasteiger charge is 2.34. The highest BCUT2D eigenvalue weighted by atomic mass is 32.2. The van der Waals surface area contributed by atoms with Crippen molar-refractivity contribution in [2.45, 2.75) is 64.3 Å². The largest absolute Gasteiger partial charge is 0.321 e. The third kappa shape index (κ3) is 4.39. The Balaban J connectivity index is 1.55. The summed E-state index contributed by atoms with van der Waals surface area (Å²) in [6.45, 7) is 2.18. The van der Waals surface area contributed by atoms with Crippen LogP contribution in [0.1, 0.15) is 72.4 Å². The molecular formula is C22H29N3O3S. The number of fused-ring (bicyclic) bond motifs is 1. The quantitative estimate of drug-likeness (QED) is 0.780. The van der Waals surface area contributed by atoms with Crippen molar-refractivity contribution >= 4 is 21.4 Å². The first-order chi connectivity index (χ1) is 14.0. The van der Waals surface area contributed by atoms with Gasteiger partial charge in [-0.15, -0.1) is 0 Å². The Bertz CT molecular complexity index is 993. The summed E-state index contributed by atoms with van der Waals surface area (Å²) in [4.78, 5) is 13.0. The van der Waals surface area contributed by atoms with Gasteiger partial charge >= 0.3 is 0 Å². The molecule has 0 unspecified atom stereocenters. The number of rotatable bonds is 6. The number of carbonyl (C=O) groups is 1. The van der Waals surface area contributed by atoms with Crippen LogP contribution in [-0.4, -0.2) is 35.6 Å². The lowest BCUT2D eigenvalue weighted by Crippen LogP contribution is -2.17. The van der Waals surface area contributed by atoms with Crippen LogP contribution < -0.4 is 5.32 Å². The van der Waals surface area contributed by atoms with E-state index in [0.29, 0.717) is 12.1 Å². The molecule has 1 aliphatic carbocycles. The fraction of sp³-hybridized carbons (Fsp3) is 0.545. The predicted molar refractivity (Wildman–Crippen MR) is 114 cm³/mol. The smallest absolute Gasteiger partial charge is 0.276 e. The van der Waals surface area contributed by atoms with Crippen LogP contribution >= 0.6 is 0 Å². The average Bonchev–Trinajstić information content (AvgIpc) is 3.27. The topological polar surface area (TPSA) is 81.1 Å². The van der Waals surface area contributed by atoms with E-state index in [1.54, 1.807) is 0 Å². The number of sulfone groups is 1. The molecule has 1 atom stereocenters. The second-order valence-electron chi connectivity index (χ2n) is 8.24. The van der Waals surface area contributed by atoms with E-state index in [-0.39, 0.29) is 23.5 Å². The molecule has 7 heteroatoms. The van der Waals surface area contributed by atoms with Crippen LogP contribution in [0.4, 0.5) is 5.69 Å². The lowest BCUT2D eigenvalue weighted by molar-refractivity contribution is 0.102. The van der Waals surface area contributed by atoms with Crippen molar-refractivity contribution in [1.29, 1.82) is 0 Å². The highest BCUT2D eigenvalue weighted by molar-refractivity contribution is 7.91. The van der Waals surface area contributed by atoms with Crippen molar-refractivity contribution in [1.82, 2.24) is 9.78 Å². The molecule has 4 rings (SSSR count). The van der Waals surface area contributed by atoms with Gasteiger partial charge in [0, 0.05) is 16.9 Å². The van der Waals surface area contributed by atoms with Crippen LogP contribution in [0.5, 0.6) is 0 Å². The molecule has 6 nitrogen and oxygen atoms in total. The molecule has 1 aromatic carbocycles. The van der Waals surface area contributed by atoms with Crippen molar-refractivity contribution in [3.05, 3.63) is 46.8 Å². The second-order valence-corrected chi connectivity index (χ2v) is 10.5. The first-order valence-electron chi connectivity index (χ1n) is 10.7. The van der Waals surface area contributed by atoms with Crippen molar-refractivity contribution < 1.29 is 13.2 Å². The number of nitrogens with zero attached hydrogens (tertiary/aromatic N) is 2. The summed E-state index contributed by atoms with van der Waals surface area (Å²) in [6.07, 6.45) is 7.72. The average molecular weight is 416 g/mol. The zero-order chi connectivity index (χ0) is 20.4. The maximum Gasteiger partial charge on any atom is 0.276 e. The van der Waals surface area contributed by atoms with Gasteiger partial charge in [0.25, 0.3) is 5.91 Å². The number of unbranched alkanes of at least 4 members (excludes halogenated alkanes) is 1. The Morgan fingerprint density at radius 3 is 2.66 bits per heavy atom. The van der Waals surface area contributed by atoms with E-state index >= 15 is 0 Å². The van der Waals surface area contributed by atoms with Gasteiger partial charge in [0.05, 0.1) is 17.5 Å². The maximum atomic E-state index is 13.0. The Morgan fingerprint density at radius 1 is 1.21 bits per heavy atom. The minimum Gasteiger partial charge on any atom is -0.321 e. The molecule has 1 saturated heterocycles. The number of hydrogen-bond acceptors (Lipinski definition) is 4. The van der Waals surface area contributed by atoms with Crippen LogP contribution in [0.25, 0.3) is 0 Å². The first-order valence-corrected chi connectivity index (χ1v) is 12.5. The molecule has 0 spiro atoms. The van der Waals surface area contributed by atoms with E-state index in [4.69, 9.17) is 0 Å². The van der Waals surface area contributed by atoms with E-state index in [2.05, 4.69) is 29.5 Å². The molecule has 0 saturated carbocycles. The number of aryl methyl sites for hydroxylation is 1. The zero-order valence-corrected chi connectivity index (χ0v) is 17.8. The van der Waals surface area contributed by atoms with E-state index < -0.39 is 9.84 Å². The van der Waals surface area contributed by atoms with Gasteiger partial charge in [-0.05, 0) is 62.6 Å². The number of nitrogens with one attached hydrogen (secondary N) is 1. The molecule has 0 radical (unpaired) electrons. The second kappa shape index (κ2) is 8.30. The normalized spacial score (nSPS) is 20.4. The van der Waals surface area contributed by atoms with Crippen LogP contribution in [0.2, 0.25) is 0 Å². The molecule has 156 valence electrons. The standard InChI is InChI=1S/C22H29N3O3S/c1-2-3-6-16-9-11-17(12-10-16)23-22(26)21-19-7-4-5-8-20(19)25(24-21)18-13-14-29(27,28)15-18/h9-12,18H,2-8,13-15H2,1H3,(H,23,26)/t18-/m0/s1. The lowest BCUT2D eigenvalue weighted by atomic mass is 9.95. The molecule has 1 N–H and O–H groups in total. The molecule has 1 aromatic heterocycles. The van der Waals surface area contributed by atoms with Crippen LogP contribution in [0.3, 0.4) is 0 Å². The van der Waals surface area contributed by atoms with E-state index in [1.165, 1.54) is 5.56 Å². The number of carbonyl (C=O) groups excluding carboxylic acids is 1. The summed E-state index contributed by atoms with van der Waals surface area (Å²) >= 11 is 0. The summed E-state index contributed by atoms with van der Waals surface area (Å²) < 4.78 is 25.7. The Labute approximate surface area is 172 Å². The minimum absolute atomic E-state index is 0.126. The van der Waals surface area contributed by atoms with Crippen molar-refractivity contribution in [2.75, 3.05) is 16.8 Å². The molecule has 0 bridgehead atoms. The van der Waals surface area contributed by atoms with E-state index in [1.807, 2.05) is 16.8 Å². The summed E-state index contributed by atoms with van der Waals surface area (Å²) in [5.74, 6) is 0.128. The summed E-state index contributed by atoms with van der Waals surface area (Å²) in [6, 6.07) is 7.85. The van der Waals surface area contributed by atoms with Gasteiger partial charge < -0.3 is 5.32 Å². The number of hydrogen-bond donors (Lipinski definition) is 1. The minimum atomic E-state index is -3.00. The molecule has 2 heterocycles. The SMILES string of the molecule is CCCCc1ccc(NC(=O)c2nn([C@H]3CCS(=O)(=O)C3)c3c2CCCC3)cc1. The van der Waals surface area contributed by atoms with Crippen molar-refractivity contribution in [3.63, 3.8) is 0 Å². The van der Waals surface area contributed by atoms with Crippen LogP contribution in [0, 0.1) is 0 Å². The summed E-state index contributed by atoms with van der Waals surface area (Å²) in [7, 11) is -3.00. The fourth-order valence-corrected chi connectivity index (χ4v) is 6.10. The Morgan fingerprint density at radius 2 is 1.97 bits per heavy atom. The molecule has 2 aliphatic rings. The van der Waals surface area contributed by atoms with Crippen molar-refractivity contribution in [2.24, 2.45) is 0 Å². The van der Waals surface area contributed by atoms with Crippen LogP contribution in [0.15, 0.2) is 24.3 Å². The summed E-state index contributed by atoms with van der Waals surface area (Å²) in [5.41, 5.74) is 4.54. The van der Waals surface area contributed by atoms with Gasteiger partial charge in [0.15, 0.2) is 15.5 Å². The van der Waals surface area contributed by atoms with E-state index in [9.17, 15) is 13.2 Å². The van der Waals surface area contributed by atoms with Gasteiger partial charge in [0.1, 0.15) is 0 Å². The number of benzene rings is 1. The van der Waals surface area contributed by atoms with Gasteiger partial charge in [-0.3, -0.25) is 9.48 Å². The third-order valence-electron chi connectivity index (χ3n) is 6.01. The van der Waals surface area contributed by atoms with Gasteiger partial charge in [-0.2, -0.15) is 5.10 Å². The Hall–Kier alpha value is -2.15. The maximum absolute atomic E-state index is 13.0. The van der Waals surface area contributed by atoms with Gasteiger partial charge in [-0.25, -0.2) is 8.42 Å². The van der Waals surface area contributed by atoms with Crippen molar-refractivity contribution in [3.8, 4) is 0 Å². The molecule has 2 aromatic rings. The Kier molecular flexibility index (Phi) is 5.76. The highest BCUT2D eigenvalue weighted by Crippen LogP contribution is 2.31. The molecule has 1 amide bonds. The number of amides is 1. The molecular weight excluding hydrogens is 386 g/mol. The first kappa shape index (κ1) is 20.1. The van der Waals surface area contributed by atoms with Crippen LogP contribution in [-0.2, 0) is 29.1 Å². The third-order valence-corrected chi connectivity index (χ3v) is 7.76.